The van der Waals surface area contributed by atoms with Crippen LogP contribution in [0.4, 0.5) is 0 Å². The molecule has 9 heavy (non-hydrogen) atoms. The molecular weight excluding hydrogens is 200 g/mol. The Morgan fingerprint density at radius 1 is 1.67 bits per heavy atom. The zero-order chi connectivity index (χ0) is 6.69. The van der Waals surface area contributed by atoms with E-state index in [0.29, 0.717) is 20.1 Å². The summed E-state index contributed by atoms with van der Waals surface area (Å²) in [5.41, 5.74) is 0. The van der Waals surface area contributed by atoms with Gasteiger partial charge in [0.1, 0.15) is 0 Å². The van der Waals surface area contributed by atoms with Crippen molar-refractivity contribution in [2.75, 3.05) is 0 Å². The summed E-state index contributed by atoms with van der Waals surface area (Å²) in [7, 11) is 0. The first-order valence-electron chi connectivity index (χ1n) is 2.49. The summed E-state index contributed by atoms with van der Waals surface area (Å²) < 4.78 is 1.17. The number of rotatable bonds is 1. The fraction of sp³-hybridized carbons (Fsp3) is 0.167. The van der Waals surface area contributed by atoms with Gasteiger partial charge in [-0.25, -0.2) is 0 Å². The summed E-state index contributed by atoms with van der Waals surface area (Å²) in [6.07, 6.45) is 1.71. The molecule has 0 amide bonds. The molecule has 1 nitrogen and oxygen atoms in total. The predicted octanol–water partition coefficient (Wildman–Crippen LogP) is 1.11. The van der Waals surface area contributed by atoms with Crippen molar-refractivity contribution in [3.8, 4) is 0 Å². The van der Waals surface area contributed by atoms with Gasteiger partial charge in [0.25, 0.3) is 0 Å². The Morgan fingerprint density at radius 2 is 2.44 bits per heavy atom. The van der Waals surface area contributed by atoms with Crippen molar-refractivity contribution in [1.82, 2.24) is 4.98 Å². The normalized spacial score (nSPS) is 9.56. The number of pyridine rings is 1. The van der Waals surface area contributed by atoms with Crippen LogP contribution in [0.5, 0.6) is 0 Å². The van der Waals surface area contributed by atoms with E-state index in [1.54, 1.807) is 6.20 Å². The molecule has 1 heterocycles. The molecule has 1 aromatic heterocycles. The number of hydrogen-bond donors (Lipinski definition) is 0. The van der Waals surface area contributed by atoms with Crippen molar-refractivity contribution in [1.29, 1.82) is 0 Å². The van der Waals surface area contributed by atoms with Gasteiger partial charge in [0, 0.05) is 0 Å². The molecule has 0 atom stereocenters. The molecule has 1 aromatic rings. The van der Waals surface area contributed by atoms with Gasteiger partial charge >= 0.3 is 65.3 Å². The van der Waals surface area contributed by atoms with Crippen LogP contribution in [-0.2, 0) is 0 Å². The molecule has 0 fully saturated rings. The Labute approximate surface area is 65.6 Å². The molecule has 0 radical (unpaired) electrons. The van der Waals surface area contributed by atoms with Crippen LogP contribution in [0, 0.1) is 0 Å². The second-order valence-electron chi connectivity index (χ2n) is 1.50. The zero-order valence-corrected chi connectivity index (χ0v) is 7.43. The summed E-state index contributed by atoms with van der Waals surface area (Å²) in [4.78, 5) is 3.93. The average molecular weight is 207 g/mol. The molecule has 0 saturated heterocycles. The maximum atomic E-state index is 5.73. The van der Waals surface area contributed by atoms with Gasteiger partial charge in [0.2, 0.25) is 0 Å². The van der Waals surface area contributed by atoms with E-state index in [-0.39, 0.29) is 0 Å². The van der Waals surface area contributed by atoms with Crippen LogP contribution in [0.2, 0.25) is 11.0 Å². The van der Waals surface area contributed by atoms with E-state index in [0.717, 1.165) is 0 Å². The molecule has 0 spiro atoms. The molecule has 0 bridgehead atoms. The van der Waals surface area contributed by atoms with Gasteiger partial charge in [-0.15, -0.1) is 0 Å². The molecule has 1 rings (SSSR count). The number of hydrogen-bond acceptors (Lipinski definition) is 1. The van der Waals surface area contributed by atoms with Crippen molar-refractivity contribution < 1.29 is 0 Å². The second-order valence-corrected chi connectivity index (χ2v) is 3.63. The Kier molecular flexibility index (Phi) is 2.52. The van der Waals surface area contributed by atoms with Crippen LogP contribution in [0.1, 0.15) is 0 Å². The molecule has 3 heteroatoms. The third-order valence-electron chi connectivity index (χ3n) is 0.945. The molecule has 0 N–H and O–H groups in total. The van der Waals surface area contributed by atoms with Crippen molar-refractivity contribution in [2.24, 2.45) is 0 Å². The Hall–Kier alpha value is -0.0405. The van der Waals surface area contributed by atoms with Crippen LogP contribution in [0.15, 0.2) is 18.3 Å². The van der Waals surface area contributed by atoms with Crippen LogP contribution in [0.3, 0.4) is 0 Å². The van der Waals surface area contributed by atoms with Crippen molar-refractivity contribution in [3.63, 3.8) is 0 Å². The quantitative estimate of drug-likeness (QED) is 0.496. The molecule has 0 aromatic carbocycles. The SMILES string of the molecule is C[Se]c1cccnc1Cl. The number of aromatic nitrogens is 1. The van der Waals surface area contributed by atoms with Crippen LogP contribution in [-0.4, -0.2) is 19.9 Å². The Balaban J connectivity index is 3.01. The molecule has 0 aliphatic heterocycles. The van der Waals surface area contributed by atoms with Gasteiger partial charge in [0.15, 0.2) is 0 Å². The molecular formula is C6H6ClNSe. The Morgan fingerprint density at radius 3 is 2.89 bits per heavy atom. The van der Waals surface area contributed by atoms with Gasteiger partial charge in [0.05, 0.1) is 0 Å². The Bertz CT molecular complexity index is 202. The summed E-state index contributed by atoms with van der Waals surface area (Å²) in [6, 6.07) is 3.92. The fourth-order valence-electron chi connectivity index (χ4n) is 0.524. The average Bonchev–Trinajstić information content (AvgIpc) is 1.89. The predicted molar refractivity (Wildman–Crippen MR) is 40.5 cm³/mol. The standard InChI is InChI=1S/C6H6ClNSe/c1-9-5-3-2-4-8-6(5)7/h2-4H,1H3. The third-order valence-corrected chi connectivity index (χ3v) is 3.11. The number of nitrogens with zero attached hydrogens (tertiary/aromatic N) is 1. The minimum atomic E-state index is 0.464. The van der Waals surface area contributed by atoms with Gasteiger partial charge in [-0.2, -0.15) is 0 Å². The van der Waals surface area contributed by atoms with E-state index in [1.807, 2.05) is 12.1 Å². The summed E-state index contributed by atoms with van der Waals surface area (Å²) >= 11 is 6.19. The third kappa shape index (κ3) is 1.68. The van der Waals surface area contributed by atoms with E-state index in [2.05, 4.69) is 10.8 Å². The summed E-state index contributed by atoms with van der Waals surface area (Å²) in [5.74, 6) is 2.12. The second kappa shape index (κ2) is 3.21. The van der Waals surface area contributed by atoms with Gasteiger partial charge in [-0.3, -0.25) is 0 Å². The van der Waals surface area contributed by atoms with Crippen LogP contribution < -0.4 is 4.46 Å². The first kappa shape index (κ1) is 7.07. The minimum absolute atomic E-state index is 0.464. The maximum absolute atomic E-state index is 5.73. The van der Waals surface area contributed by atoms with Crippen molar-refractivity contribution in [3.05, 3.63) is 23.5 Å². The monoisotopic (exact) mass is 207 g/mol. The topological polar surface area (TPSA) is 12.9 Å². The summed E-state index contributed by atoms with van der Waals surface area (Å²) in [5, 5.41) is 0.653. The van der Waals surface area contributed by atoms with E-state index in [4.69, 9.17) is 11.6 Å². The zero-order valence-electron chi connectivity index (χ0n) is 4.97. The van der Waals surface area contributed by atoms with E-state index in [1.165, 1.54) is 4.46 Å². The van der Waals surface area contributed by atoms with Gasteiger partial charge in [-0.05, 0) is 0 Å². The number of halogens is 1. The van der Waals surface area contributed by atoms with Crippen molar-refractivity contribution >= 4 is 31.0 Å². The molecule has 0 aliphatic carbocycles. The van der Waals surface area contributed by atoms with Crippen LogP contribution >= 0.6 is 11.6 Å². The molecule has 48 valence electrons. The fourth-order valence-corrected chi connectivity index (χ4v) is 1.96. The van der Waals surface area contributed by atoms with Gasteiger partial charge in [-0.1, -0.05) is 0 Å². The van der Waals surface area contributed by atoms with E-state index < -0.39 is 0 Å². The van der Waals surface area contributed by atoms with Crippen LogP contribution in [0.25, 0.3) is 0 Å². The van der Waals surface area contributed by atoms with Gasteiger partial charge < -0.3 is 0 Å². The first-order valence-corrected chi connectivity index (χ1v) is 5.44. The molecule has 0 aliphatic rings. The van der Waals surface area contributed by atoms with E-state index in [9.17, 15) is 0 Å². The molecule has 0 saturated carbocycles. The first-order chi connectivity index (χ1) is 4.34. The van der Waals surface area contributed by atoms with Crippen molar-refractivity contribution in [2.45, 2.75) is 5.82 Å². The summed E-state index contributed by atoms with van der Waals surface area (Å²) in [6.45, 7) is 0. The molecule has 0 unspecified atom stereocenters. The van der Waals surface area contributed by atoms with E-state index >= 15 is 0 Å².